The van der Waals surface area contributed by atoms with E-state index in [-0.39, 0.29) is 56.3 Å². The van der Waals surface area contributed by atoms with Crippen molar-refractivity contribution < 1.29 is 88.9 Å². The van der Waals surface area contributed by atoms with Crippen LogP contribution in [0.3, 0.4) is 0 Å². The maximum Gasteiger partial charge on any atom is 0.462 e. The Morgan fingerprint density at radius 2 is 0.881 bits per heavy atom. The fourth-order valence-corrected chi connectivity index (χ4v) is 4.67. The van der Waals surface area contributed by atoms with Gasteiger partial charge in [0.05, 0.1) is 0 Å². The van der Waals surface area contributed by atoms with E-state index in [4.69, 9.17) is 0 Å². The molecule has 0 heterocycles. The predicted molar refractivity (Wildman–Crippen MR) is 103 cm³/mol. The van der Waals surface area contributed by atoms with Crippen LogP contribution in [0.2, 0.25) is 0 Å². The molecule has 2 unspecified atom stereocenters. The topological polar surface area (TPSA) is 38.8 Å². The highest BCUT2D eigenvalue weighted by Gasteiger charge is 2.85. The molecule has 0 aromatic heterocycles. The number of halogens is 17. The van der Waals surface area contributed by atoms with Gasteiger partial charge >= 0.3 is 48.4 Å². The Kier molecular flexibility index (Phi) is 10.1. The summed E-state index contributed by atoms with van der Waals surface area (Å²) in [4.78, 5) is 13.1. The van der Waals surface area contributed by atoms with Gasteiger partial charge in [-0.15, -0.1) is 0 Å². The van der Waals surface area contributed by atoms with Crippen LogP contribution >= 0.6 is 0 Å². The first-order chi connectivity index (χ1) is 18.7. The van der Waals surface area contributed by atoms with Gasteiger partial charge in [-0.25, -0.2) is 0 Å². The van der Waals surface area contributed by atoms with Gasteiger partial charge < -0.3 is 4.90 Å². The zero-order valence-corrected chi connectivity index (χ0v) is 20.8. The van der Waals surface area contributed by atoms with Crippen molar-refractivity contribution in [2.24, 2.45) is 0 Å². The first-order valence-corrected chi connectivity index (χ1v) is 12.1. The summed E-state index contributed by atoms with van der Waals surface area (Å²) in [5.74, 6) is -25.7. The second-order valence-corrected chi connectivity index (χ2v) is 9.79. The third-order valence-electron chi connectivity index (χ3n) is 6.81. The monoisotopic (exact) mass is 659 g/mol. The molecule has 248 valence electrons. The average Bonchev–Trinajstić information content (AvgIpc) is 2.82. The van der Waals surface area contributed by atoms with E-state index in [0.717, 1.165) is 0 Å². The normalized spacial score (nSPS) is 22.4. The Morgan fingerprint density at radius 1 is 0.500 bits per heavy atom. The Labute approximate surface area is 225 Å². The molecule has 0 spiro atoms. The zero-order valence-electron chi connectivity index (χ0n) is 20.8. The summed E-state index contributed by atoms with van der Waals surface area (Å²) in [7, 11) is 0. The molecule has 2 aliphatic rings. The molecule has 42 heavy (non-hydrogen) atoms. The Bertz CT molecular complexity index is 920. The lowest BCUT2D eigenvalue weighted by atomic mass is 9.88. The number of amides is 1. The third-order valence-corrected chi connectivity index (χ3v) is 6.81. The van der Waals surface area contributed by atoms with Crippen molar-refractivity contribution in [3.63, 3.8) is 0 Å². The van der Waals surface area contributed by atoms with Crippen LogP contribution in [0.15, 0.2) is 0 Å². The molecule has 2 aliphatic carbocycles. The van der Waals surface area contributed by atoms with Crippen LogP contribution in [0.4, 0.5) is 74.6 Å². The summed E-state index contributed by atoms with van der Waals surface area (Å²) in [6.07, 6.45) is -37.2. The van der Waals surface area contributed by atoms with Crippen LogP contribution in [0.1, 0.15) is 64.2 Å². The van der Waals surface area contributed by atoms with Gasteiger partial charge in [0.15, 0.2) is 0 Å². The Balaban J connectivity index is 2.64. The predicted octanol–water partition coefficient (Wildman–Crippen LogP) is 8.35. The van der Waals surface area contributed by atoms with E-state index in [1.54, 1.807) is 4.74 Å². The van der Waals surface area contributed by atoms with Gasteiger partial charge in [-0.05, 0) is 25.7 Å². The largest absolute Gasteiger partial charge is 0.462 e. The van der Waals surface area contributed by atoms with Crippen LogP contribution in [-0.2, 0) is 14.3 Å². The summed E-state index contributed by atoms with van der Waals surface area (Å²) in [5, 5.41) is 0. The fourth-order valence-electron chi connectivity index (χ4n) is 4.67. The van der Waals surface area contributed by atoms with Crippen LogP contribution < -0.4 is 0 Å². The average molecular weight is 659 g/mol. The highest BCUT2D eigenvalue weighted by Crippen LogP contribution is 2.57. The highest BCUT2D eigenvalue weighted by atomic mass is 19.4. The molecule has 1 amide bonds. The fraction of sp³-hybridized carbons (Fsp3) is 0.952. The number of hydrogen-bond acceptors (Lipinski definition) is 3. The van der Waals surface area contributed by atoms with Gasteiger partial charge in [0.2, 0.25) is 0 Å². The number of ether oxygens (including phenoxy) is 2. The van der Waals surface area contributed by atoms with Crippen LogP contribution in [0, 0.1) is 0 Å². The van der Waals surface area contributed by atoms with E-state index in [9.17, 15) is 75.0 Å². The molecule has 21 heteroatoms. The highest BCUT2D eigenvalue weighted by molar-refractivity contribution is 5.85. The van der Waals surface area contributed by atoms with Crippen molar-refractivity contribution in [1.82, 2.24) is 4.90 Å². The van der Waals surface area contributed by atoms with Crippen molar-refractivity contribution in [2.45, 2.75) is 125 Å². The smallest absolute Gasteiger partial charge is 0.331 e. The summed E-state index contributed by atoms with van der Waals surface area (Å²) in [5.41, 5.74) is 0. The van der Waals surface area contributed by atoms with Gasteiger partial charge in [-0.2, -0.15) is 74.6 Å². The Morgan fingerprint density at radius 3 is 1.19 bits per heavy atom. The molecular weight excluding hydrogens is 637 g/mol. The first kappa shape index (κ1) is 36.4. The molecule has 2 atom stereocenters. The summed E-state index contributed by atoms with van der Waals surface area (Å²) >= 11 is 0. The van der Waals surface area contributed by atoms with E-state index in [1.807, 2.05) is 0 Å². The lowest BCUT2D eigenvalue weighted by Crippen LogP contribution is -2.69. The summed E-state index contributed by atoms with van der Waals surface area (Å²) in [6.45, 7) is 0. The van der Waals surface area contributed by atoms with E-state index >= 15 is 4.39 Å². The molecule has 2 fully saturated rings. The molecule has 2 saturated carbocycles. The van der Waals surface area contributed by atoms with Gasteiger partial charge in [-0.1, -0.05) is 38.5 Å². The SMILES string of the molecule is O=C(N(C1CCCCC1)C1CCCCC1)C(F)(OC(F)(F)C(F)(OC(F)(F)C(F)(F)C(F)(F)F)C(F)(F)F)C(F)(F)F. The summed E-state index contributed by atoms with van der Waals surface area (Å²) in [6, 6.07) is -2.65. The molecule has 4 nitrogen and oxygen atoms in total. The van der Waals surface area contributed by atoms with E-state index < -0.39 is 66.4 Å². The van der Waals surface area contributed by atoms with E-state index in [1.165, 1.54) is 0 Å². The second-order valence-electron chi connectivity index (χ2n) is 9.79. The van der Waals surface area contributed by atoms with Crippen molar-refractivity contribution >= 4 is 5.91 Å². The standard InChI is InChI=1S/C21H22F17NO3/c22-14(17(26,27)28,13(40)39(11-7-3-1-4-8-11)12-9-5-2-6-10-12)41-21(37,38)16(25,19(32,33)34)42-20(35,36)15(23,24)18(29,30)31/h11-12H,1-10H2. The summed E-state index contributed by atoms with van der Waals surface area (Å²) < 4.78 is 234. The van der Waals surface area contributed by atoms with Crippen molar-refractivity contribution in [3.05, 3.63) is 0 Å². The first-order valence-electron chi connectivity index (χ1n) is 12.1. The number of rotatable bonds is 9. The van der Waals surface area contributed by atoms with Crippen LogP contribution in [-0.4, -0.2) is 71.3 Å². The maximum atomic E-state index is 15.4. The van der Waals surface area contributed by atoms with E-state index in [0.29, 0.717) is 12.8 Å². The van der Waals surface area contributed by atoms with Gasteiger partial charge in [0.25, 0.3) is 5.91 Å². The molecule has 0 radical (unpaired) electrons. The van der Waals surface area contributed by atoms with Gasteiger partial charge in [0.1, 0.15) is 0 Å². The lowest BCUT2D eigenvalue weighted by Gasteiger charge is -2.45. The van der Waals surface area contributed by atoms with E-state index in [2.05, 4.69) is 4.74 Å². The van der Waals surface area contributed by atoms with Gasteiger partial charge in [-0.3, -0.25) is 14.3 Å². The number of hydrogen-bond donors (Lipinski definition) is 0. The quantitative estimate of drug-likeness (QED) is 0.234. The number of carbonyl (C=O) groups is 1. The molecule has 0 saturated heterocycles. The molecule has 0 aromatic rings. The minimum absolute atomic E-state index is 0.0999. The molecular formula is C21H22F17NO3. The third kappa shape index (κ3) is 6.64. The minimum atomic E-state index is -8.01. The Hall–Kier alpha value is -1.80. The molecule has 2 rings (SSSR count). The maximum absolute atomic E-state index is 15.4. The van der Waals surface area contributed by atoms with Gasteiger partial charge in [0, 0.05) is 12.1 Å². The molecule has 0 aromatic carbocycles. The number of nitrogens with zero attached hydrogens (tertiary/aromatic N) is 1. The molecule has 0 bridgehead atoms. The number of carbonyl (C=O) groups excluding carboxylic acids is 1. The van der Waals surface area contributed by atoms with Crippen molar-refractivity contribution in [1.29, 1.82) is 0 Å². The van der Waals surface area contributed by atoms with Crippen LogP contribution in [0.5, 0.6) is 0 Å². The van der Waals surface area contributed by atoms with Crippen molar-refractivity contribution in [2.75, 3.05) is 0 Å². The number of alkyl halides is 17. The second kappa shape index (κ2) is 11.6. The molecule has 0 aliphatic heterocycles. The van der Waals surface area contributed by atoms with Crippen molar-refractivity contribution in [3.8, 4) is 0 Å². The zero-order chi connectivity index (χ0) is 32.8. The minimum Gasteiger partial charge on any atom is -0.331 e. The lowest BCUT2D eigenvalue weighted by molar-refractivity contribution is -0.548. The molecule has 0 N–H and O–H groups in total. The van der Waals surface area contributed by atoms with Crippen LogP contribution in [0.25, 0.3) is 0 Å².